The second-order valence-corrected chi connectivity index (χ2v) is 10.2. The molecular formula is C23H32F2N6OS. The van der Waals surface area contributed by atoms with Gasteiger partial charge in [0.2, 0.25) is 0 Å². The van der Waals surface area contributed by atoms with Crippen LogP contribution in [0.2, 0.25) is 0 Å². The molecule has 33 heavy (non-hydrogen) atoms. The van der Waals surface area contributed by atoms with Crippen LogP contribution < -0.4 is 5.32 Å². The lowest BCUT2D eigenvalue weighted by atomic mass is 10.0. The van der Waals surface area contributed by atoms with E-state index in [1.165, 1.54) is 12.1 Å². The minimum absolute atomic E-state index is 0.288. The fourth-order valence-electron chi connectivity index (χ4n) is 3.46. The Bertz CT molecular complexity index is 1050. The van der Waals surface area contributed by atoms with Crippen molar-refractivity contribution in [1.29, 1.82) is 0 Å². The molecule has 2 heterocycles. The van der Waals surface area contributed by atoms with Gasteiger partial charge < -0.3 is 4.74 Å². The first-order chi connectivity index (χ1) is 15.6. The van der Waals surface area contributed by atoms with Crippen LogP contribution in [-0.2, 0) is 16.7 Å². The summed E-state index contributed by atoms with van der Waals surface area (Å²) in [6.07, 6.45) is 0.306. The summed E-state index contributed by atoms with van der Waals surface area (Å²) in [6.45, 7) is 13.0. The summed E-state index contributed by atoms with van der Waals surface area (Å²) in [7, 11) is 0. The number of hydrogen-bond donors (Lipinski definition) is 1. The van der Waals surface area contributed by atoms with Crippen LogP contribution in [0.25, 0.3) is 0 Å². The van der Waals surface area contributed by atoms with Gasteiger partial charge in [-0.05, 0) is 56.2 Å². The van der Waals surface area contributed by atoms with E-state index in [0.717, 1.165) is 16.8 Å². The molecular weight excluding hydrogens is 446 g/mol. The van der Waals surface area contributed by atoms with Gasteiger partial charge in [-0.2, -0.15) is 0 Å². The van der Waals surface area contributed by atoms with Gasteiger partial charge in [-0.25, -0.2) is 18.4 Å². The zero-order valence-electron chi connectivity index (χ0n) is 20.0. The zero-order valence-corrected chi connectivity index (χ0v) is 20.8. The van der Waals surface area contributed by atoms with E-state index in [1.54, 1.807) is 16.0 Å². The Balaban J connectivity index is 1.99. The highest BCUT2D eigenvalue weighted by atomic mass is 32.1. The molecule has 0 saturated carbocycles. The van der Waals surface area contributed by atoms with Crippen molar-refractivity contribution in [1.82, 2.24) is 30.5 Å². The second kappa shape index (κ2) is 10.8. The monoisotopic (exact) mass is 478 g/mol. The molecule has 180 valence electrons. The van der Waals surface area contributed by atoms with Gasteiger partial charge >= 0.3 is 0 Å². The molecule has 0 aliphatic heterocycles. The number of rotatable bonds is 10. The second-order valence-electron chi connectivity index (χ2n) is 9.28. The molecule has 0 fully saturated rings. The van der Waals surface area contributed by atoms with Gasteiger partial charge in [0.1, 0.15) is 17.7 Å². The predicted octanol–water partition coefficient (Wildman–Crippen LogP) is 4.61. The molecule has 0 bridgehead atoms. The van der Waals surface area contributed by atoms with Crippen LogP contribution in [0.1, 0.15) is 75.6 Å². The molecule has 2 aromatic heterocycles. The van der Waals surface area contributed by atoms with Crippen molar-refractivity contribution in [2.24, 2.45) is 0 Å². The smallest absolute Gasteiger partial charge is 0.174 e. The third-order valence-electron chi connectivity index (χ3n) is 5.12. The van der Waals surface area contributed by atoms with E-state index in [2.05, 4.69) is 34.7 Å². The minimum Gasteiger partial charge on any atom is -0.380 e. The molecule has 1 N–H and O–H groups in total. The molecule has 0 aliphatic rings. The third kappa shape index (κ3) is 6.39. The summed E-state index contributed by atoms with van der Waals surface area (Å²) < 4.78 is 35.3. The zero-order chi connectivity index (χ0) is 24.2. The van der Waals surface area contributed by atoms with Crippen LogP contribution in [0.15, 0.2) is 23.6 Å². The predicted molar refractivity (Wildman–Crippen MR) is 124 cm³/mol. The fourth-order valence-corrected chi connectivity index (χ4v) is 4.32. The lowest BCUT2D eigenvalue weighted by molar-refractivity contribution is 0.118. The molecule has 0 spiro atoms. The first-order valence-corrected chi connectivity index (χ1v) is 12.0. The number of nitrogens with one attached hydrogen (secondary N) is 1. The molecule has 3 rings (SSSR count). The van der Waals surface area contributed by atoms with Crippen molar-refractivity contribution in [2.75, 3.05) is 13.2 Å². The molecule has 0 amide bonds. The van der Waals surface area contributed by atoms with Gasteiger partial charge in [0.25, 0.3) is 0 Å². The Labute approximate surface area is 197 Å². The SMILES string of the molecule is CCOCC(Cc1ccc(F)cc1F)NC(c1csc(C(C)C)n1)c1nnnn1C(C)(C)C. The Morgan fingerprint density at radius 1 is 1.21 bits per heavy atom. The number of ether oxygens (including phenoxy) is 1. The first-order valence-electron chi connectivity index (χ1n) is 11.1. The summed E-state index contributed by atoms with van der Waals surface area (Å²) in [6, 6.07) is 2.92. The molecule has 2 unspecified atom stereocenters. The summed E-state index contributed by atoms with van der Waals surface area (Å²) >= 11 is 1.59. The van der Waals surface area contributed by atoms with Crippen molar-refractivity contribution in [3.63, 3.8) is 0 Å². The normalized spacial score (nSPS) is 14.1. The Hall–Kier alpha value is -2.30. The third-order valence-corrected chi connectivity index (χ3v) is 6.29. The lowest BCUT2D eigenvalue weighted by Crippen LogP contribution is -2.41. The number of thiazole rings is 1. The molecule has 1 aromatic carbocycles. The molecule has 10 heteroatoms. The number of hydrogen-bond acceptors (Lipinski definition) is 7. The van der Waals surface area contributed by atoms with Crippen molar-refractivity contribution in [3.05, 3.63) is 57.3 Å². The highest BCUT2D eigenvalue weighted by Gasteiger charge is 2.31. The number of halogens is 2. The first kappa shape index (κ1) is 25.3. The maximum absolute atomic E-state index is 14.4. The fraction of sp³-hybridized carbons (Fsp3) is 0.565. The van der Waals surface area contributed by atoms with E-state index in [1.807, 2.05) is 33.1 Å². The Kier molecular flexibility index (Phi) is 8.25. The molecule has 7 nitrogen and oxygen atoms in total. The maximum atomic E-state index is 14.4. The Morgan fingerprint density at radius 2 is 1.97 bits per heavy atom. The number of tetrazole rings is 1. The van der Waals surface area contributed by atoms with Gasteiger partial charge in [0.15, 0.2) is 5.82 Å². The van der Waals surface area contributed by atoms with Crippen LogP contribution in [0.3, 0.4) is 0 Å². The van der Waals surface area contributed by atoms with Gasteiger partial charge in [0, 0.05) is 30.0 Å². The van der Waals surface area contributed by atoms with E-state index in [9.17, 15) is 8.78 Å². The van der Waals surface area contributed by atoms with Crippen molar-refractivity contribution in [2.45, 2.75) is 71.5 Å². The van der Waals surface area contributed by atoms with Gasteiger partial charge in [-0.1, -0.05) is 19.9 Å². The van der Waals surface area contributed by atoms with Crippen molar-refractivity contribution < 1.29 is 13.5 Å². The molecule has 0 aliphatic carbocycles. The van der Waals surface area contributed by atoms with Crippen LogP contribution in [0.4, 0.5) is 8.78 Å². The molecule has 0 saturated heterocycles. The largest absolute Gasteiger partial charge is 0.380 e. The summed E-state index contributed by atoms with van der Waals surface area (Å²) in [5, 5.41) is 19.0. The summed E-state index contributed by atoms with van der Waals surface area (Å²) in [5.74, 6) is -0.277. The standard InChI is InChI=1S/C23H32F2N6OS/c1-7-32-12-17(10-15-8-9-16(24)11-18(15)25)26-20(19-13-33-22(27-19)14(2)3)21-28-29-30-31(21)23(4,5)6/h8-9,11,13-14,17,20,26H,7,10,12H2,1-6H3. The van der Waals surface area contributed by atoms with Crippen LogP contribution in [-0.4, -0.2) is 44.4 Å². The van der Waals surface area contributed by atoms with Gasteiger partial charge in [0.05, 0.1) is 22.8 Å². The number of nitrogens with zero attached hydrogens (tertiary/aromatic N) is 5. The number of aromatic nitrogens is 5. The van der Waals surface area contributed by atoms with E-state index < -0.39 is 17.7 Å². The quantitative estimate of drug-likeness (QED) is 0.458. The van der Waals surface area contributed by atoms with Crippen LogP contribution in [0, 0.1) is 11.6 Å². The number of benzene rings is 1. The average Bonchev–Trinajstić information content (AvgIpc) is 3.41. The highest BCUT2D eigenvalue weighted by molar-refractivity contribution is 7.09. The van der Waals surface area contributed by atoms with Crippen molar-refractivity contribution in [3.8, 4) is 0 Å². The van der Waals surface area contributed by atoms with E-state index in [-0.39, 0.29) is 17.5 Å². The lowest BCUT2D eigenvalue weighted by Gasteiger charge is -2.27. The molecule has 3 aromatic rings. The minimum atomic E-state index is -0.600. The maximum Gasteiger partial charge on any atom is 0.174 e. The van der Waals surface area contributed by atoms with E-state index in [0.29, 0.717) is 31.0 Å². The molecule has 2 atom stereocenters. The van der Waals surface area contributed by atoms with Crippen LogP contribution in [0.5, 0.6) is 0 Å². The van der Waals surface area contributed by atoms with Gasteiger partial charge in [-0.15, -0.1) is 16.4 Å². The molecule has 0 radical (unpaired) electrons. The van der Waals surface area contributed by atoms with E-state index >= 15 is 0 Å². The van der Waals surface area contributed by atoms with Gasteiger partial charge in [-0.3, -0.25) is 5.32 Å². The van der Waals surface area contributed by atoms with Crippen LogP contribution >= 0.6 is 11.3 Å². The average molecular weight is 479 g/mol. The Morgan fingerprint density at radius 3 is 2.58 bits per heavy atom. The summed E-state index contributed by atoms with van der Waals surface area (Å²) in [4.78, 5) is 4.84. The van der Waals surface area contributed by atoms with E-state index in [4.69, 9.17) is 9.72 Å². The summed E-state index contributed by atoms with van der Waals surface area (Å²) in [5.41, 5.74) is 0.850. The van der Waals surface area contributed by atoms with Crippen molar-refractivity contribution >= 4 is 11.3 Å². The highest BCUT2D eigenvalue weighted by Crippen LogP contribution is 2.29. The topological polar surface area (TPSA) is 77.8 Å².